The second-order valence-electron chi connectivity index (χ2n) is 6.91. The Morgan fingerprint density at radius 3 is 2.33 bits per heavy atom. The third-order valence-electron chi connectivity index (χ3n) is 4.58. The van der Waals surface area contributed by atoms with Crippen LogP contribution in [0, 0.1) is 3.57 Å². The average Bonchev–Trinajstić information content (AvgIpc) is 2.82. The Hall–Kier alpha value is -3.05. The summed E-state index contributed by atoms with van der Waals surface area (Å²) < 4.78 is 34.2. The van der Waals surface area contributed by atoms with Crippen molar-refractivity contribution in [3.63, 3.8) is 0 Å². The molecule has 0 radical (unpaired) electrons. The van der Waals surface area contributed by atoms with E-state index in [4.69, 9.17) is 4.74 Å². The number of carbonyl (C=O) groups is 1. The number of nitrogens with one attached hydrogen (secondary N) is 2. The Morgan fingerprint density at radius 1 is 1.00 bits per heavy atom. The molecule has 0 unspecified atom stereocenters. The summed E-state index contributed by atoms with van der Waals surface area (Å²) in [6, 6.07) is 22.1. The molecule has 0 aliphatic heterocycles. The standard InChI is InChI=1S/C24H24IN3O4S/c1-3-32-22-14-12-21(13-15-22)28(33(30,31)23-10-5-4-6-11-23)17-24(29)27-26-18(2)19-8-7-9-20(25)16-19/h4-16,26H,2-3,17H2,1H3,(H,27,29). The molecule has 0 saturated carbocycles. The van der Waals surface area contributed by atoms with Crippen LogP contribution in [0.3, 0.4) is 0 Å². The lowest BCUT2D eigenvalue weighted by atomic mass is 10.2. The van der Waals surface area contributed by atoms with Crippen molar-refractivity contribution in [3.8, 4) is 5.75 Å². The number of hydrogen-bond acceptors (Lipinski definition) is 5. The summed E-state index contributed by atoms with van der Waals surface area (Å²) in [6.07, 6.45) is 0. The van der Waals surface area contributed by atoms with E-state index in [0.29, 0.717) is 23.7 Å². The van der Waals surface area contributed by atoms with Crippen LogP contribution in [0.1, 0.15) is 12.5 Å². The predicted octanol–water partition coefficient (Wildman–Crippen LogP) is 4.18. The normalized spacial score (nSPS) is 10.8. The fourth-order valence-electron chi connectivity index (χ4n) is 2.97. The first-order valence-electron chi connectivity index (χ1n) is 10.1. The zero-order chi connectivity index (χ0) is 23.8. The van der Waals surface area contributed by atoms with Gasteiger partial charge in [-0.2, -0.15) is 0 Å². The summed E-state index contributed by atoms with van der Waals surface area (Å²) in [5.74, 6) is 0.0633. The van der Waals surface area contributed by atoms with Gasteiger partial charge in [0.2, 0.25) is 0 Å². The lowest BCUT2D eigenvalue weighted by Crippen LogP contribution is -2.45. The van der Waals surface area contributed by atoms with Gasteiger partial charge in [-0.25, -0.2) is 8.42 Å². The number of hydrogen-bond donors (Lipinski definition) is 2. The lowest BCUT2D eigenvalue weighted by molar-refractivity contribution is -0.120. The molecule has 0 saturated heterocycles. The third kappa shape index (κ3) is 6.48. The van der Waals surface area contributed by atoms with Gasteiger partial charge in [0.15, 0.2) is 0 Å². The van der Waals surface area contributed by atoms with Crippen LogP contribution in [-0.4, -0.2) is 27.5 Å². The van der Waals surface area contributed by atoms with Gasteiger partial charge in [0.05, 0.1) is 22.9 Å². The molecular weight excluding hydrogens is 553 g/mol. The fourth-order valence-corrected chi connectivity index (χ4v) is 4.96. The minimum absolute atomic E-state index is 0.0860. The molecule has 3 aromatic rings. The van der Waals surface area contributed by atoms with Crippen molar-refractivity contribution in [2.75, 3.05) is 17.5 Å². The van der Waals surface area contributed by atoms with E-state index in [2.05, 4.69) is 40.0 Å². The highest BCUT2D eigenvalue weighted by Gasteiger charge is 2.27. The molecule has 0 aromatic heterocycles. The Labute approximate surface area is 207 Å². The van der Waals surface area contributed by atoms with Gasteiger partial charge in [0.25, 0.3) is 15.9 Å². The van der Waals surface area contributed by atoms with Crippen LogP contribution in [-0.2, 0) is 14.8 Å². The smallest absolute Gasteiger partial charge is 0.264 e. The van der Waals surface area contributed by atoms with Crippen LogP contribution in [0.4, 0.5) is 5.69 Å². The summed E-state index contributed by atoms with van der Waals surface area (Å²) in [4.78, 5) is 12.8. The number of carbonyl (C=O) groups excluding carboxylic acids is 1. The Balaban J connectivity index is 1.80. The molecular formula is C24H24IN3O4S. The molecule has 33 heavy (non-hydrogen) atoms. The molecule has 3 rings (SSSR count). The average molecular weight is 577 g/mol. The molecule has 7 nitrogen and oxygen atoms in total. The molecule has 0 spiro atoms. The molecule has 0 bridgehead atoms. The summed E-state index contributed by atoms with van der Waals surface area (Å²) in [5.41, 5.74) is 6.93. The molecule has 0 fully saturated rings. The molecule has 3 aromatic carbocycles. The Morgan fingerprint density at radius 2 is 1.70 bits per heavy atom. The van der Waals surface area contributed by atoms with Gasteiger partial charge >= 0.3 is 0 Å². The second-order valence-corrected chi connectivity index (χ2v) is 10.0. The molecule has 0 heterocycles. The zero-order valence-corrected chi connectivity index (χ0v) is 21.0. The van der Waals surface area contributed by atoms with Gasteiger partial charge < -0.3 is 4.74 Å². The van der Waals surface area contributed by atoms with Crippen LogP contribution in [0.15, 0.2) is 90.3 Å². The first-order valence-corrected chi connectivity index (χ1v) is 12.6. The van der Waals surface area contributed by atoms with Crippen molar-refractivity contribution >= 4 is 49.9 Å². The van der Waals surface area contributed by atoms with E-state index in [1.54, 1.807) is 42.5 Å². The van der Waals surface area contributed by atoms with E-state index in [9.17, 15) is 13.2 Å². The van der Waals surface area contributed by atoms with Crippen molar-refractivity contribution < 1.29 is 17.9 Å². The van der Waals surface area contributed by atoms with Gasteiger partial charge in [0.1, 0.15) is 12.3 Å². The van der Waals surface area contributed by atoms with E-state index in [0.717, 1.165) is 13.4 Å². The van der Waals surface area contributed by atoms with E-state index >= 15 is 0 Å². The first kappa shape index (κ1) is 24.6. The molecule has 1 amide bonds. The van der Waals surface area contributed by atoms with Gasteiger partial charge in [0, 0.05) is 3.57 Å². The van der Waals surface area contributed by atoms with E-state index in [1.165, 1.54) is 12.1 Å². The minimum atomic E-state index is -3.99. The SMILES string of the molecule is C=C(NNC(=O)CN(c1ccc(OCC)cc1)S(=O)(=O)c1ccccc1)c1cccc(I)c1. The van der Waals surface area contributed by atoms with Crippen molar-refractivity contribution in [1.29, 1.82) is 0 Å². The minimum Gasteiger partial charge on any atom is -0.494 e. The van der Waals surface area contributed by atoms with Gasteiger partial charge in [-0.05, 0) is 83.6 Å². The highest BCUT2D eigenvalue weighted by molar-refractivity contribution is 14.1. The van der Waals surface area contributed by atoms with Crippen LogP contribution >= 0.6 is 22.6 Å². The second kappa shape index (κ2) is 11.2. The zero-order valence-electron chi connectivity index (χ0n) is 18.0. The van der Waals surface area contributed by atoms with Crippen molar-refractivity contribution in [2.45, 2.75) is 11.8 Å². The van der Waals surface area contributed by atoms with E-state index < -0.39 is 22.5 Å². The third-order valence-corrected chi connectivity index (χ3v) is 7.04. The summed E-state index contributed by atoms with van der Waals surface area (Å²) in [5, 5.41) is 0. The number of nitrogens with zero attached hydrogens (tertiary/aromatic N) is 1. The van der Waals surface area contributed by atoms with Crippen LogP contribution in [0.25, 0.3) is 5.70 Å². The topological polar surface area (TPSA) is 87.7 Å². The maximum atomic E-state index is 13.4. The van der Waals surface area contributed by atoms with Gasteiger partial charge in [-0.15, -0.1) is 0 Å². The number of sulfonamides is 1. The Kier molecular flexibility index (Phi) is 8.34. The number of hydrazine groups is 1. The molecule has 0 aliphatic carbocycles. The van der Waals surface area contributed by atoms with Crippen LogP contribution in [0.2, 0.25) is 0 Å². The van der Waals surface area contributed by atoms with Crippen LogP contribution < -0.4 is 19.9 Å². The molecule has 9 heteroatoms. The quantitative estimate of drug-likeness (QED) is 0.279. The number of halogens is 1. The maximum Gasteiger partial charge on any atom is 0.264 e. The van der Waals surface area contributed by atoms with Crippen molar-refractivity contribution in [3.05, 3.63) is 94.6 Å². The molecule has 0 atom stereocenters. The van der Waals surface area contributed by atoms with Gasteiger partial charge in [-0.3, -0.25) is 20.0 Å². The number of rotatable bonds is 10. The number of ether oxygens (including phenoxy) is 1. The summed E-state index contributed by atoms with van der Waals surface area (Å²) in [7, 11) is -3.99. The van der Waals surface area contributed by atoms with E-state index in [-0.39, 0.29) is 4.90 Å². The fraction of sp³-hybridized carbons (Fsp3) is 0.125. The molecule has 0 aliphatic rings. The molecule has 172 valence electrons. The number of anilines is 1. The highest BCUT2D eigenvalue weighted by atomic mass is 127. The summed E-state index contributed by atoms with van der Waals surface area (Å²) in [6.45, 7) is 5.84. The monoisotopic (exact) mass is 577 g/mol. The number of amides is 1. The van der Waals surface area contributed by atoms with Crippen LogP contribution in [0.5, 0.6) is 5.75 Å². The van der Waals surface area contributed by atoms with Crippen molar-refractivity contribution in [1.82, 2.24) is 10.9 Å². The van der Waals surface area contributed by atoms with E-state index in [1.807, 2.05) is 31.2 Å². The molecule has 2 N–H and O–H groups in total. The Bertz CT molecular complexity index is 1220. The predicted molar refractivity (Wildman–Crippen MR) is 138 cm³/mol. The van der Waals surface area contributed by atoms with Gasteiger partial charge in [-0.1, -0.05) is 36.9 Å². The summed E-state index contributed by atoms with van der Waals surface area (Å²) >= 11 is 2.19. The maximum absolute atomic E-state index is 13.4. The highest BCUT2D eigenvalue weighted by Crippen LogP contribution is 2.25. The number of benzene rings is 3. The lowest BCUT2D eigenvalue weighted by Gasteiger charge is -2.24. The van der Waals surface area contributed by atoms with Crippen molar-refractivity contribution in [2.24, 2.45) is 0 Å². The largest absolute Gasteiger partial charge is 0.494 e. The first-order chi connectivity index (χ1) is 15.8.